The van der Waals surface area contributed by atoms with E-state index in [0.717, 1.165) is 12.2 Å². The summed E-state index contributed by atoms with van der Waals surface area (Å²) in [4.78, 5) is 0. The summed E-state index contributed by atoms with van der Waals surface area (Å²) in [6, 6.07) is 1.98. The molecular weight excluding hydrogens is 148 g/mol. The SMILES string of the molecule is C#CC(C)(C)c1ccnn1CC. The molecule has 0 spiro atoms. The van der Waals surface area contributed by atoms with Gasteiger partial charge in [-0.05, 0) is 26.8 Å². The Morgan fingerprint density at radius 1 is 1.67 bits per heavy atom. The van der Waals surface area contributed by atoms with Crippen molar-refractivity contribution in [2.24, 2.45) is 0 Å². The molecule has 1 heterocycles. The van der Waals surface area contributed by atoms with Crippen molar-refractivity contribution in [3.63, 3.8) is 0 Å². The van der Waals surface area contributed by atoms with Crippen LogP contribution < -0.4 is 0 Å². The number of rotatable bonds is 2. The zero-order chi connectivity index (χ0) is 9.19. The van der Waals surface area contributed by atoms with Gasteiger partial charge in [0.25, 0.3) is 0 Å². The van der Waals surface area contributed by atoms with Gasteiger partial charge in [0.15, 0.2) is 0 Å². The van der Waals surface area contributed by atoms with Crippen LogP contribution in [0.4, 0.5) is 0 Å². The Morgan fingerprint density at radius 3 is 2.83 bits per heavy atom. The maximum Gasteiger partial charge on any atom is 0.0672 e. The molecular formula is C10H14N2. The van der Waals surface area contributed by atoms with Crippen molar-refractivity contribution in [2.75, 3.05) is 0 Å². The Labute approximate surface area is 73.6 Å². The lowest BCUT2D eigenvalue weighted by atomic mass is 9.90. The highest BCUT2D eigenvalue weighted by Gasteiger charge is 2.20. The van der Waals surface area contributed by atoms with Gasteiger partial charge in [-0.2, -0.15) is 5.10 Å². The summed E-state index contributed by atoms with van der Waals surface area (Å²) < 4.78 is 1.93. The molecule has 2 heteroatoms. The van der Waals surface area contributed by atoms with E-state index in [-0.39, 0.29) is 5.41 Å². The van der Waals surface area contributed by atoms with Crippen LogP contribution in [0.15, 0.2) is 12.3 Å². The van der Waals surface area contributed by atoms with Crippen LogP contribution in [-0.4, -0.2) is 9.78 Å². The van der Waals surface area contributed by atoms with Crippen molar-refractivity contribution in [1.29, 1.82) is 0 Å². The van der Waals surface area contributed by atoms with E-state index in [1.165, 1.54) is 0 Å². The predicted molar refractivity (Wildman–Crippen MR) is 49.8 cm³/mol. The van der Waals surface area contributed by atoms with E-state index in [0.29, 0.717) is 0 Å². The summed E-state index contributed by atoms with van der Waals surface area (Å²) in [6.07, 6.45) is 7.22. The van der Waals surface area contributed by atoms with Crippen molar-refractivity contribution >= 4 is 0 Å². The van der Waals surface area contributed by atoms with Gasteiger partial charge in [0.2, 0.25) is 0 Å². The van der Waals surface area contributed by atoms with Crippen LogP contribution in [0.5, 0.6) is 0 Å². The van der Waals surface area contributed by atoms with Gasteiger partial charge >= 0.3 is 0 Å². The van der Waals surface area contributed by atoms with Crippen LogP contribution in [0.2, 0.25) is 0 Å². The lowest BCUT2D eigenvalue weighted by Crippen LogP contribution is -2.19. The van der Waals surface area contributed by atoms with Gasteiger partial charge in [-0.3, -0.25) is 4.68 Å². The first kappa shape index (κ1) is 8.86. The highest BCUT2D eigenvalue weighted by atomic mass is 15.3. The molecule has 0 N–H and O–H groups in total. The van der Waals surface area contributed by atoms with E-state index in [2.05, 4.69) is 17.9 Å². The molecule has 64 valence electrons. The van der Waals surface area contributed by atoms with Crippen LogP contribution in [-0.2, 0) is 12.0 Å². The molecule has 0 saturated heterocycles. The lowest BCUT2D eigenvalue weighted by molar-refractivity contribution is 0.550. The molecule has 0 saturated carbocycles. The Balaban J connectivity index is 3.11. The van der Waals surface area contributed by atoms with E-state index in [9.17, 15) is 0 Å². The van der Waals surface area contributed by atoms with E-state index >= 15 is 0 Å². The summed E-state index contributed by atoms with van der Waals surface area (Å²) in [5.74, 6) is 2.76. The monoisotopic (exact) mass is 162 g/mol. The maximum atomic E-state index is 5.43. The van der Waals surface area contributed by atoms with Crippen LogP contribution in [0, 0.1) is 12.3 Å². The van der Waals surface area contributed by atoms with Gasteiger partial charge in [0.1, 0.15) is 0 Å². The average molecular weight is 162 g/mol. The standard InChI is InChI=1S/C10H14N2/c1-5-10(3,4)9-7-8-11-12(9)6-2/h1,7-8H,6H2,2-4H3. The molecule has 2 nitrogen and oxygen atoms in total. The molecule has 0 aliphatic heterocycles. The number of terminal acetylenes is 1. The molecule has 0 aliphatic rings. The van der Waals surface area contributed by atoms with Crippen molar-refractivity contribution in [3.8, 4) is 12.3 Å². The van der Waals surface area contributed by atoms with Gasteiger partial charge in [0.05, 0.1) is 11.1 Å². The maximum absolute atomic E-state index is 5.43. The van der Waals surface area contributed by atoms with E-state index in [1.807, 2.05) is 24.6 Å². The molecule has 0 amide bonds. The highest BCUT2D eigenvalue weighted by Crippen LogP contribution is 2.21. The van der Waals surface area contributed by atoms with Crippen LogP contribution >= 0.6 is 0 Å². The van der Waals surface area contributed by atoms with Crippen molar-refractivity contribution in [1.82, 2.24) is 9.78 Å². The minimum absolute atomic E-state index is 0.216. The van der Waals surface area contributed by atoms with E-state index < -0.39 is 0 Å². The summed E-state index contributed by atoms with van der Waals surface area (Å²) in [6.45, 7) is 6.98. The largest absolute Gasteiger partial charge is 0.268 e. The van der Waals surface area contributed by atoms with Gasteiger partial charge < -0.3 is 0 Å². The third kappa shape index (κ3) is 1.35. The number of aromatic nitrogens is 2. The fraction of sp³-hybridized carbons (Fsp3) is 0.500. The summed E-state index contributed by atoms with van der Waals surface area (Å²) in [7, 11) is 0. The first-order valence-electron chi connectivity index (χ1n) is 4.12. The second kappa shape index (κ2) is 3.02. The number of aryl methyl sites for hydroxylation is 1. The quantitative estimate of drug-likeness (QED) is 0.606. The molecule has 0 unspecified atom stereocenters. The summed E-state index contributed by atoms with van der Waals surface area (Å²) >= 11 is 0. The first-order valence-corrected chi connectivity index (χ1v) is 4.12. The van der Waals surface area contributed by atoms with Crippen molar-refractivity contribution < 1.29 is 0 Å². The second-order valence-corrected chi connectivity index (χ2v) is 3.30. The van der Waals surface area contributed by atoms with Gasteiger partial charge in [-0.15, -0.1) is 6.42 Å². The first-order chi connectivity index (χ1) is 5.61. The van der Waals surface area contributed by atoms with Crippen LogP contribution in [0.3, 0.4) is 0 Å². The average Bonchev–Trinajstić information content (AvgIpc) is 2.52. The molecule has 0 aromatic carbocycles. The minimum atomic E-state index is -0.216. The zero-order valence-corrected chi connectivity index (χ0v) is 7.83. The number of nitrogens with zero attached hydrogens (tertiary/aromatic N) is 2. The molecule has 0 radical (unpaired) electrons. The van der Waals surface area contributed by atoms with Gasteiger partial charge in [-0.1, -0.05) is 5.92 Å². The summed E-state index contributed by atoms with van der Waals surface area (Å²) in [5, 5.41) is 4.17. The Morgan fingerprint density at radius 2 is 2.33 bits per heavy atom. The van der Waals surface area contributed by atoms with Gasteiger partial charge in [-0.25, -0.2) is 0 Å². The Kier molecular flexibility index (Phi) is 2.23. The predicted octanol–water partition coefficient (Wildman–Crippen LogP) is 1.81. The molecule has 0 fully saturated rings. The normalized spacial score (nSPS) is 11.2. The van der Waals surface area contributed by atoms with Crippen LogP contribution in [0.1, 0.15) is 26.5 Å². The van der Waals surface area contributed by atoms with Crippen LogP contribution in [0.25, 0.3) is 0 Å². The lowest BCUT2D eigenvalue weighted by Gasteiger charge is -2.18. The van der Waals surface area contributed by atoms with E-state index in [1.54, 1.807) is 6.20 Å². The third-order valence-corrected chi connectivity index (χ3v) is 2.02. The molecule has 1 rings (SSSR count). The highest BCUT2D eigenvalue weighted by molar-refractivity contribution is 5.25. The number of hydrogen-bond donors (Lipinski definition) is 0. The second-order valence-electron chi connectivity index (χ2n) is 3.30. The third-order valence-electron chi connectivity index (χ3n) is 2.02. The minimum Gasteiger partial charge on any atom is -0.268 e. The van der Waals surface area contributed by atoms with Gasteiger partial charge in [0, 0.05) is 12.7 Å². The Hall–Kier alpha value is -1.23. The van der Waals surface area contributed by atoms with Crippen molar-refractivity contribution in [2.45, 2.75) is 32.7 Å². The van der Waals surface area contributed by atoms with E-state index in [4.69, 9.17) is 6.42 Å². The molecule has 1 aromatic heterocycles. The summed E-state index contributed by atoms with van der Waals surface area (Å²) in [5.41, 5.74) is 0.888. The zero-order valence-electron chi connectivity index (χ0n) is 7.83. The molecule has 0 aliphatic carbocycles. The molecule has 1 aromatic rings. The van der Waals surface area contributed by atoms with Crippen molar-refractivity contribution in [3.05, 3.63) is 18.0 Å². The smallest absolute Gasteiger partial charge is 0.0672 e. The number of hydrogen-bond acceptors (Lipinski definition) is 1. The fourth-order valence-electron chi connectivity index (χ4n) is 1.19. The molecule has 0 bridgehead atoms. The topological polar surface area (TPSA) is 17.8 Å². The molecule has 0 atom stereocenters. The Bertz CT molecular complexity index is 302. The molecule has 12 heavy (non-hydrogen) atoms. The fourth-order valence-corrected chi connectivity index (χ4v) is 1.19.